The van der Waals surface area contributed by atoms with Crippen molar-refractivity contribution in [1.82, 2.24) is 4.90 Å². The second-order valence-corrected chi connectivity index (χ2v) is 8.76. The van der Waals surface area contributed by atoms with Crippen molar-refractivity contribution < 1.29 is 4.79 Å². The highest BCUT2D eigenvalue weighted by Gasteiger charge is 2.40. The molecule has 0 bridgehead atoms. The largest absolute Gasteiger partial charge is 0.283 e. The van der Waals surface area contributed by atoms with Gasteiger partial charge in [-0.05, 0) is 61.2 Å². The molecule has 28 heavy (non-hydrogen) atoms. The first-order valence-electron chi connectivity index (χ1n) is 10.1. The van der Waals surface area contributed by atoms with Crippen LogP contribution < -0.4 is 0 Å². The average molecular weight is 391 g/mol. The van der Waals surface area contributed by atoms with Crippen LogP contribution in [-0.4, -0.2) is 22.0 Å². The van der Waals surface area contributed by atoms with Gasteiger partial charge >= 0.3 is 0 Å². The second kappa shape index (κ2) is 8.36. The molecular formula is C24H26N2OS. The van der Waals surface area contributed by atoms with E-state index in [2.05, 4.69) is 38.1 Å². The van der Waals surface area contributed by atoms with Crippen molar-refractivity contribution in [2.45, 2.75) is 45.6 Å². The topological polar surface area (TPSA) is 32.7 Å². The number of thioether (sulfide) groups is 1. The van der Waals surface area contributed by atoms with Crippen molar-refractivity contribution in [3.8, 4) is 0 Å². The van der Waals surface area contributed by atoms with Gasteiger partial charge in [0.05, 0.1) is 10.6 Å². The number of para-hydroxylation sites is 1. The van der Waals surface area contributed by atoms with Gasteiger partial charge in [0, 0.05) is 6.04 Å². The Balaban J connectivity index is 1.71. The van der Waals surface area contributed by atoms with Crippen LogP contribution in [0, 0.1) is 12.8 Å². The van der Waals surface area contributed by atoms with E-state index in [1.807, 2.05) is 41.3 Å². The molecule has 1 amide bonds. The number of amidine groups is 1. The molecule has 3 nitrogen and oxygen atoms in total. The molecule has 2 aliphatic rings. The van der Waals surface area contributed by atoms with Crippen LogP contribution in [0.1, 0.15) is 43.7 Å². The SMILES string of the molecule is Cc1ccc(/C=C2\SC(=Nc3ccccc3)N([C@H]3CCCC[C@H]3C)C2=O)cc1. The van der Waals surface area contributed by atoms with Gasteiger partial charge in [-0.15, -0.1) is 0 Å². The molecule has 4 rings (SSSR count). The summed E-state index contributed by atoms with van der Waals surface area (Å²) in [5, 5.41) is 0.813. The molecule has 0 spiro atoms. The number of benzene rings is 2. The third-order valence-electron chi connectivity index (χ3n) is 5.59. The zero-order valence-corrected chi connectivity index (χ0v) is 17.3. The maximum Gasteiger partial charge on any atom is 0.267 e. The van der Waals surface area contributed by atoms with E-state index in [0.29, 0.717) is 5.92 Å². The van der Waals surface area contributed by atoms with Crippen molar-refractivity contribution >= 4 is 34.6 Å². The molecule has 0 N–H and O–H groups in total. The average Bonchev–Trinajstić information content (AvgIpc) is 3.00. The summed E-state index contributed by atoms with van der Waals surface area (Å²) in [5.41, 5.74) is 3.17. The summed E-state index contributed by atoms with van der Waals surface area (Å²) in [6, 6.07) is 18.5. The molecule has 1 aliphatic carbocycles. The Kier molecular flexibility index (Phi) is 5.67. The summed E-state index contributed by atoms with van der Waals surface area (Å²) < 4.78 is 0. The van der Waals surface area contributed by atoms with E-state index < -0.39 is 0 Å². The van der Waals surface area contributed by atoms with E-state index in [9.17, 15) is 4.79 Å². The summed E-state index contributed by atoms with van der Waals surface area (Å²) >= 11 is 1.50. The Morgan fingerprint density at radius 3 is 2.46 bits per heavy atom. The Hall–Kier alpha value is -2.33. The summed E-state index contributed by atoms with van der Waals surface area (Å²) in [4.78, 5) is 21.0. The zero-order chi connectivity index (χ0) is 19.5. The predicted octanol–water partition coefficient (Wildman–Crippen LogP) is 6.18. The summed E-state index contributed by atoms with van der Waals surface area (Å²) in [6.45, 7) is 4.34. The first-order chi connectivity index (χ1) is 13.6. The number of hydrogen-bond donors (Lipinski definition) is 0. The van der Waals surface area contributed by atoms with Crippen LogP contribution in [0.25, 0.3) is 6.08 Å². The van der Waals surface area contributed by atoms with E-state index in [0.717, 1.165) is 27.7 Å². The van der Waals surface area contributed by atoms with Gasteiger partial charge in [0.25, 0.3) is 5.91 Å². The van der Waals surface area contributed by atoms with Crippen LogP contribution >= 0.6 is 11.8 Å². The minimum Gasteiger partial charge on any atom is -0.283 e. The lowest BCUT2D eigenvalue weighted by molar-refractivity contribution is -0.124. The van der Waals surface area contributed by atoms with Crippen molar-refractivity contribution in [3.63, 3.8) is 0 Å². The number of carbonyl (C=O) groups excluding carboxylic acids is 1. The van der Waals surface area contributed by atoms with E-state index in [-0.39, 0.29) is 11.9 Å². The molecule has 2 aromatic rings. The standard InChI is InChI=1S/C24H26N2OS/c1-17-12-14-19(15-13-17)16-22-23(27)26(21-11-7-6-8-18(21)2)24(28-22)25-20-9-4-3-5-10-20/h3-5,9-10,12-16,18,21H,6-8,11H2,1-2H3/b22-16-,25-24?/t18-,21+/m1/s1. The smallest absolute Gasteiger partial charge is 0.267 e. The molecular weight excluding hydrogens is 364 g/mol. The van der Waals surface area contributed by atoms with Crippen molar-refractivity contribution in [3.05, 3.63) is 70.6 Å². The van der Waals surface area contributed by atoms with Crippen LogP contribution in [0.2, 0.25) is 0 Å². The molecule has 2 fully saturated rings. The highest BCUT2D eigenvalue weighted by atomic mass is 32.2. The number of rotatable bonds is 3. The minimum atomic E-state index is 0.0963. The molecule has 0 radical (unpaired) electrons. The second-order valence-electron chi connectivity index (χ2n) is 7.76. The number of carbonyl (C=O) groups is 1. The lowest BCUT2D eigenvalue weighted by Crippen LogP contribution is -2.44. The molecule has 144 valence electrons. The van der Waals surface area contributed by atoms with Gasteiger partial charge in [0.15, 0.2) is 5.17 Å². The number of aliphatic imine (C=N–C) groups is 1. The zero-order valence-electron chi connectivity index (χ0n) is 16.5. The molecule has 1 saturated carbocycles. The van der Waals surface area contributed by atoms with E-state index >= 15 is 0 Å². The number of nitrogens with zero attached hydrogens (tertiary/aromatic N) is 2. The highest BCUT2D eigenvalue weighted by Crippen LogP contribution is 2.40. The normalized spacial score (nSPS) is 25.6. The van der Waals surface area contributed by atoms with Gasteiger partial charge in [-0.1, -0.05) is 67.8 Å². The molecule has 2 atom stereocenters. The summed E-state index contributed by atoms with van der Waals surface area (Å²) in [6.07, 6.45) is 6.66. The first-order valence-corrected chi connectivity index (χ1v) is 10.9. The number of amides is 1. The highest BCUT2D eigenvalue weighted by molar-refractivity contribution is 8.18. The van der Waals surface area contributed by atoms with Crippen molar-refractivity contribution in [1.29, 1.82) is 0 Å². The third-order valence-corrected chi connectivity index (χ3v) is 6.57. The molecule has 4 heteroatoms. The van der Waals surface area contributed by atoms with Gasteiger partial charge < -0.3 is 0 Å². The Labute approximate surface area is 171 Å². The fraction of sp³-hybridized carbons (Fsp3) is 0.333. The number of hydrogen-bond acceptors (Lipinski definition) is 3. The van der Waals surface area contributed by atoms with Crippen LogP contribution in [0.5, 0.6) is 0 Å². The third kappa shape index (κ3) is 4.07. The number of aryl methyl sites for hydroxylation is 1. The summed E-state index contributed by atoms with van der Waals surface area (Å²) in [5.74, 6) is 0.594. The van der Waals surface area contributed by atoms with Crippen molar-refractivity contribution in [2.24, 2.45) is 10.9 Å². The van der Waals surface area contributed by atoms with Gasteiger partial charge in [0.2, 0.25) is 0 Å². The Morgan fingerprint density at radius 1 is 1.04 bits per heavy atom. The van der Waals surface area contributed by atoms with Gasteiger partial charge in [0.1, 0.15) is 0 Å². The Bertz CT molecular complexity index is 902. The van der Waals surface area contributed by atoms with Crippen LogP contribution in [0.4, 0.5) is 5.69 Å². The monoisotopic (exact) mass is 390 g/mol. The van der Waals surface area contributed by atoms with Crippen molar-refractivity contribution in [2.75, 3.05) is 0 Å². The molecule has 1 aliphatic heterocycles. The maximum atomic E-state index is 13.4. The quantitative estimate of drug-likeness (QED) is 0.586. The van der Waals surface area contributed by atoms with Gasteiger partial charge in [-0.2, -0.15) is 0 Å². The summed E-state index contributed by atoms with van der Waals surface area (Å²) in [7, 11) is 0. The Morgan fingerprint density at radius 2 is 1.75 bits per heavy atom. The van der Waals surface area contributed by atoms with Crippen LogP contribution in [0.15, 0.2) is 64.5 Å². The lowest BCUT2D eigenvalue weighted by Gasteiger charge is -2.35. The van der Waals surface area contributed by atoms with Gasteiger partial charge in [-0.3, -0.25) is 9.69 Å². The van der Waals surface area contributed by atoms with Crippen LogP contribution in [-0.2, 0) is 4.79 Å². The first kappa shape index (κ1) is 19.0. The maximum absolute atomic E-state index is 13.4. The molecule has 2 aromatic carbocycles. The fourth-order valence-electron chi connectivity index (χ4n) is 3.96. The van der Waals surface area contributed by atoms with E-state index in [4.69, 9.17) is 4.99 Å². The molecule has 0 unspecified atom stereocenters. The minimum absolute atomic E-state index is 0.0963. The lowest BCUT2D eigenvalue weighted by atomic mass is 9.85. The van der Waals surface area contributed by atoms with E-state index in [1.54, 1.807) is 0 Å². The fourth-order valence-corrected chi connectivity index (χ4v) is 5.01. The molecule has 1 heterocycles. The van der Waals surface area contributed by atoms with Gasteiger partial charge in [-0.25, -0.2) is 4.99 Å². The van der Waals surface area contributed by atoms with Crippen LogP contribution in [0.3, 0.4) is 0 Å². The van der Waals surface area contributed by atoms with E-state index in [1.165, 1.54) is 36.6 Å². The molecule has 0 aromatic heterocycles. The molecule has 1 saturated heterocycles. The predicted molar refractivity (Wildman–Crippen MR) is 119 cm³/mol.